The first-order chi connectivity index (χ1) is 13.1. The molecule has 3 rings (SSSR count). The van der Waals surface area contributed by atoms with E-state index in [9.17, 15) is 5.11 Å². The molecule has 0 aliphatic heterocycles. The Hall–Kier alpha value is -1.78. The summed E-state index contributed by atoms with van der Waals surface area (Å²) >= 11 is 12.1. The Morgan fingerprint density at radius 2 is 1.85 bits per heavy atom. The minimum absolute atomic E-state index is 0.0619. The second kappa shape index (κ2) is 9.43. The number of hydrogen-bond acceptors (Lipinski definition) is 3. The molecule has 0 bridgehead atoms. The van der Waals surface area contributed by atoms with Crippen molar-refractivity contribution in [2.75, 3.05) is 6.61 Å². The maximum Gasteiger partial charge on any atom is 0.124 e. The van der Waals surface area contributed by atoms with Crippen LogP contribution in [0.4, 0.5) is 0 Å². The van der Waals surface area contributed by atoms with Crippen LogP contribution in [0.25, 0.3) is 10.8 Å². The second-order valence-corrected chi connectivity index (χ2v) is 7.28. The molecule has 0 heterocycles. The van der Waals surface area contributed by atoms with Crippen molar-refractivity contribution in [2.24, 2.45) is 0 Å². The second-order valence-electron chi connectivity index (χ2n) is 6.47. The van der Waals surface area contributed by atoms with Gasteiger partial charge in [-0.05, 0) is 41.0 Å². The summed E-state index contributed by atoms with van der Waals surface area (Å²) in [4.78, 5) is 0. The summed E-state index contributed by atoms with van der Waals surface area (Å²) in [6, 6.07) is 17.9. The highest BCUT2D eigenvalue weighted by atomic mass is 35.5. The van der Waals surface area contributed by atoms with E-state index in [4.69, 9.17) is 27.9 Å². The third-order valence-corrected chi connectivity index (χ3v) is 5.40. The molecule has 0 aliphatic carbocycles. The van der Waals surface area contributed by atoms with Crippen LogP contribution in [-0.4, -0.2) is 17.8 Å². The standard InChI is InChI=1S/C22H23Cl2NO2/c1-2-17(13-26)25-12-19-18-6-4-3-5-16(18)8-10-22(19)27-14-15-7-9-20(23)21(24)11-15/h3-11,17,25-26H,2,12-14H2,1H3/t17-/m1/s1. The lowest BCUT2D eigenvalue weighted by atomic mass is 10.0. The zero-order chi connectivity index (χ0) is 19.2. The molecule has 3 nitrogen and oxygen atoms in total. The smallest absolute Gasteiger partial charge is 0.124 e. The fourth-order valence-electron chi connectivity index (χ4n) is 3.01. The molecule has 0 radical (unpaired) electrons. The van der Waals surface area contributed by atoms with Gasteiger partial charge in [-0.3, -0.25) is 0 Å². The van der Waals surface area contributed by atoms with Crippen LogP contribution in [0, 0.1) is 0 Å². The molecule has 0 fully saturated rings. The molecule has 142 valence electrons. The molecule has 3 aromatic carbocycles. The van der Waals surface area contributed by atoms with Crippen molar-refractivity contribution in [3.63, 3.8) is 0 Å². The topological polar surface area (TPSA) is 41.5 Å². The molecular formula is C22H23Cl2NO2. The summed E-state index contributed by atoms with van der Waals surface area (Å²) in [5, 5.41) is 16.2. The summed E-state index contributed by atoms with van der Waals surface area (Å²) in [5.41, 5.74) is 2.04. The fourth-order valence-corrected chi connectivity index (χ4v) is 3.33. The quantitative estimate of drug-likeness (QED) is 0.515. The molecule has 5 heteroatoms. The lowest BCUT2D eigenvalue weighted by Gasteiger charge is -2.18. The van der Waals surface area contributed by atoms with E-state index >= 15 is 0 Å². The maximum absolute atomic E-state index is 9.47. The predicted octanol–water partition coefficient (Wildman–Crippen LogP) is 5.59. The van der Waals surface area contributed by atoms with Gasteiger partial charge in [-0.25, -0.2) is 0 Å². The van der Waals surface area contributed by atoms with E-state index in [1.54, 1.807) is 6.07 Å². The van der Waals surface area contributed by atoms with Gasteiger partial charge in [-0.15, -0.1) is 0 Å². The zero-order valence-electron chi connectivity index (χ0n) is 15.2. The molecule has 0 aliphatic rings. The Kier molecular flexibility index (Phi) is 6.97. The fraction of sp³-hybridized carbons (Fsp3) is 0.273. The van der Waals surface area contributed by atoms with Gasteiger partial charge in [0.25, 0.3) is 0 Å². The number of aliphatic hydroxyl groups excluding tert-OH is 1. The molecular weight excluding hydrogens is 381 g/mol. The summed E-state index contributed by atoms with van der Waals surface area (Å²) < 4.78 is 6.12. The lowest BCUT2D eigenvalue weighted by molar-refractivity contribution is 0.237. The van der Waals surface area contributed by atoms with Crippen LogP contribution in [0.5, 0.6) is 5.75 Å². The molecule has 0 amide bonds. The Bertz CT molecular complexity index is 910. The molecule has 2 N–H and O–H groups in total. The number of ether oxygens (including phenoxy) is 1. The van der Waals surface area contributed by atoms with Crippen LogP contribution in [0.2, 0.25) is 10.0 Å². The van der Waals surface area contributed by atoms with E-state index < -0.39 is 0 Å². The van der Waals surface area contributed by atoms with Crippen LogP contribution in [-0.2, 0) is 13.2 Å². The van der Waals surface area contributed by atoms with Crippen LogP contribution in [0.1, 0.15) is 24.5 Å². The van der Waals surface area contributed by atoms with E-state index in [2.05, 4.69) is 30.4 Å². The van der Waals surface area contributed by atoms with Gasteiger partial charge in [0.2, 0.25) is 0 Å². The number of hydrogen-bond donors (Lipinski definition) is 2. The number of aliphatic hydroxyl groups is 1. The number of fused-ring (bicyclic) bond motifs is 1. The van der Waals surface area contributed by atoms with Gasteiger partial charge in [0.15, 0.2) is 0 Å². The highest BCUT2D eigenvalue weighted by Gasteiger charge is 2.12. The Morgan fingerprint density at radius 1 is 1.04 bits per heavy atom. The molecule has 0 unspecified atom stereocenters. The van der Waals surface area contributed by atoms with Crippen LogP contribution in [0.3, 0.4) is 0 Å². The lowest BCUT2D eigenvalue weighted by Crippen LogP contribution is -2.31. The third kappa shape index (κ3) is 4.94. The first-order valence-electron chi connectivity index (χ1n) is 9.04. The van der Waals surface area contributed by atoms with E-state index in [1.165, 1.54) is 0 Å². The van der Waals surface area contributed by atoms with Crippen LogP contribution < -0.4 is 10.1 Å². The molecule has 0 aromatic heterocycles. The van der Waals surface area contributed by atoms with Crippen molar-refractivity contribution < 1.29 is 9.84 Å². The number of nitrogens with one attached hydrogen (secondary N) is 1. The summed E-state index contributed by atoms with van der Waals surface area (Å²) in [6.07, 6.45) is 0.862. The number of halogens is 2. The van der Waals surface area contributed by atoms with Crippen LogP contribution >= 0.6 is 23.2 Å². The van der Waals surface area contributed by atoms with Gasteiger partial charge < -0.3 is 15.2 Å². The summed E-state index contributed by atoms with van der Waals surface area (Å²) in [6.45, 7) is 3.19. The van der Waals surface area contributed by atoms with Crippen LogP contribution in [0.15, 0.2) is 54.6 Å². The highest BCUT2D eigenvalue weighted by molar-refractivity contribution is 6.42. The van der Waals surface area contributed by atoms with Crippen molar-refractivity contribution >= 4 is 34.0 Å². The van der Waals surface area contributed by atoms with E-state index in [0.29, 0.717) is 23.2 Å². The largest absolute Gasteiger partial charge is 0.489 e. The van der Waals surface area contributed by atoms with Gasteiger partial charge in [-0.2, -0.15) is 0 Å². The molecule has 0 saturated heterocycles. The maximum atomic E-state index is 9.47. The predicted molar refractivity (Wildman–Crippen MR) is 113 cm³/mol. The van der Waals surface area contributed by atoms with Gasteiger partial charge in [0.1, 0.15) is 12.4 Å². The molecule has 27 heavy (non-hydrogen) atoms. The SMILES string of the molecule is CC[C@H](CO)NCc1c(OCc2ccc(Cl)c(Cl)c2)ccc2ccccc12. The van der Waals surface area contributed by atoms with Gasteiger partial charge in [0.05, 0.1) is 16.7 Å². The van der Waals surface area contributed by atoms with Crippen molar-refractivity contribution in [1.82, 2.24) is 5.32 Å². The Morgan fingerprint density at radius 3 is 2.59 bits per heavy atom. The normalized spacial score (nSPS) is 12.3. The summed E-state index contributed by atoms with van der Waals surface area (Å²) in [7, 11) is 0. The van der Waals surface area contributed by atoms with E-state index in [0.717, 1.165) is 34.1 Å². The number of benzene rings is 3. The molecule has 0 saturated carbocycles. The molecule has 3 aromatic rings. The van der Waals surface area contributed by atoms with Gasteiger partial charge >= 0.3 is 0 Å². The van der Waals surface area contributed by atoms with E-state index in [-0.39, 0.29) is 12.6 Å². The summed E-state index contributed by atoms with van der Waals surface area (Å²) in [5.74, 6) is 0.820. The van der Waals surface area contributed by atoms with Crippen molar-refractivity contribution in [3.8, 4) is 5.75 Å². The van der Waals surface area contributed by atoms with Crippen molar-refractivity contribution in [2.45, 2.75) is 32.5 Å². The van der Waals surface area contributed by atoms with Crippen molar-refractivity contribution in [3.05, 3.63) is 75.8 Å². The Balaban J connectivity index is 1.86. The Labute approximate surface area is 169 Å². The highest BCUT2D eigenvalue weighted by Crippen LogP contribution is 2.30. The van der Waals surface area contributed by atoms with E-state index in [1.807, 2.05) is 30.3 Å². The molecule has 0 spiro atoms. The monoisotopic (exact) mass is 403 g/mol. The van der Waals surface area contributed by atoms with Gasteiger partial charge in [-0.1, -0.05) is 66.5 Å². The average molecular weight is 404 g/mol. The first kappa shape index (κ1) is 20.0. The molecule has 1 atom stereocenters. The zero-order valence-corrected chi connectivity index (χ0v) is 16.7. The van der Waals surface area contributed by atoms with Gasteiger partial charge in [0, 0.05) is 18.2 Å². The number of rotatable bonds is 8. The minimum Gasteiger partial charge on any atom is -0.489 e. The van der Waals surface area contributed by atoms with Crippen molar-refractivity contribution in [1.29, 1.82) is 0 Å². The minimum atomic E-state index is 0.0619. The third-order valence-electron chi connectivity index (χ3n) is 4.66. The first-order valence-corrected chi connectivity index (χ1v) is 9.79. The average Bonchev–Trinajstić information content (AvgIpc) is 2.70.